The highest BCUT2D eigenvalue weighted by Crippen LogP contribution is 2.23. The Labute approximate surface area is 94.4 Å². The molecule has 88 valence electrons. The highest BCUT2D eigenvalue weighted by Gasteiger charge is 2.17. The van der Waals surface area contributed by atoms with Gasteiger partial charge in [0.2, 0.25) is 10.0 Å². The van der Waals surface area contributed by atoms with Crippen LogP contribution >= 0.6 is 0 Å². The van der Waals surface area contributed by atoms with E-state index in [2.05, 4.69) is 0 Å². The second kappa shape index (κ2) is 4.13. The Bertz CT molecular complexity index is 522. The number of sulfonamides is 1. The summed E-state index contributed by atoms with van der Waals surface area (Å²) in [6.07, 6.45) is 1.07. The molecule has 0 saturated carbocycles. The molecule has 0 spiro atoms. The summed E-state index contributed by atoms with van der Waals surface area (Å²) >= 11 is 0. The average molecular weight is 243 g/mol. The van der Waals surface area contributed by atoms with Crippen molar-refractivity contribution in [2.45, 2.75) is 6.92 Å². The zero-order chi connectivity index (χ0) is 12.5. The minimum atomic E-state index is -3.38. The van der Waals surface area contributed by atoms with Crippen LogP contribution in [-0.2, 0) is 10.0 Å². The molecule has 1 aromatic carbocycles. The van der Waals surface area contributed by atoms with E-state index in [1.165, 1.54) is 19.2 Å². The van der Waals surface area contributed by atoms with Crippen LogP contribution in [0.3, 0.4) is 0 Å². The third kappa shape index (κ3) is 2.33. The van der Waals surface area contributed by atoms with Crippen molar-refractivity contribution >= 4 is 21.7 Å². The molecule has 0 fully saturated rings. The molecule has 0 aromatic heterocycles. The fourth-order valence-electron chi connectivity index (χ4n) is 1.37. The molecule has 0 aliphatic heterocycles. The molecule has 1 aromatic rings. The molecule has 0 unspecified atom stereocenters. The molecule has 0 radical (unpaired) electrons. The standard InChI is InChI=1S/C10H13NO4S/c1-7-8(10(12)13)5-4-6-9(7)11(2)16(3,14)15/h4-6H,1-3H3,(H,12,13). The van der Waals surface area contributed by atoms with Gasteiger partial charge in [-0.3, -0.25) is 4.31 Å². The summed E-state index contributed by atoms with van der Waals surface area (Å²) in [6, 6.07) is 4.54. The smallest absolute Gasteiger partial charge is 0.336 e. The van der Waals surface area contributed by atoms with E-state index in [0.717, 1.165) is 10.6 Å². The first-order valence-electron chi connectivity index (χ1n) is 4.52. The minimum Gasteiger partial charge on any atom is -0.478 e. The van der Waals surface area contributed by atoms with E-state index in [0.29, 0.717) is 11.3 Å². The SMILES string of the molecule is Cc1c(C(=O)O)cccc1N(C)S(C)(=O)=O. The van der Waals surface area contributed by atoms with E-state index in [1.807, 2.05) is 0 Å². The van der Waals surface area contributed by atoms with Crippen molar-refractivity contribution in [1.29, 1.82) is 0 Å². The van der Waals surface area contributed by atoms with Gasteiger partial charge in [-0.1, -0.05) is 6.07 Å². The summed E-state index contributed by atoms with van der Waals surface area (Å²) in [4.78, 5) is 10.9. The zero-order valence-corrected chi connectivity index (χ0v) is 10.1. The predicted octanol–water partition coefficient (Wildman–Crippen LogP) is 1.09. The summed E-state index contributed by atoms with van der Waals surface area (Å²) < 4.78 is 23.8. The Morgan fingerprint density at radius 1 is 1.38 bits per heavy atom. The topological polar surface area (TPSA) is 74.7 Å². The maximum absolute atomic E-state index is 11.3. The number of rotatable bonds is 3. The molecule has 0 heterocycles. The predicted molar refractivity (Wildman–Crippen MR) is 61.4 cm³/mol. The second-order valence-electron chi connectivity index (χ2n) is 3.49. The lowest BCUT2D eigenvalue weighted by Crippen LogP contribution is -2.26. The Balaban J connectivity index is 3.37. The molecule has 16 heavy (non-hydrogen) atoms. The number of hydrogen-bond donors (Lipinski definition) is 1. The third-order valence-corrected chi connectivity index (χ3v) is 3.56. The van der Waals surface area contributed by atoms with Crippen LogP contribution in [0.4, 0.5) is 5.69 Å². The fraction of sp³-hybridized carbons (Fsp3) is 0.300. The van der Waals surface area contributed by atoms with Gasteiger partial charge in [0, 0.05) is 7.05 Å². The number of aromatic carboxylic acids is 1. The lowest BCUT2D eigenvalue weighted by atomic mass is 10.1. The molecule has 0 amide bonds. The number of hydrogen-bond acceptors (Lipinski definition) is 3. The summed E-state index contributed by atoms with van der Waals surface area (Å²) in [5, 5.41) is 8.91. The first kappa shape index (κ1) is 12.5. The summed E-state index contributed by atoms with van der Waals surface area (Å²) in [7, 11) is -1.99. The Kier molecular flexibility index (Phi) is 3.23. The van der Waals surface area contributed by atoms with Crippen molar-refractivity contribution in [3.63, 3.8) is 0 Å². The molecule has 0 atom stereocenters. The van der Waals surface area contributed by atoms with Crippen LogP contribution in [0.15, 0.2) is 18.2 Å². The second-order valence-corrected chi connectivity index (χ2v) is 5.50. The Hall–Kier alpha value is -1.56. The average Bonchev–Trinajstić information content (AvgIpc) is 2.15. The van der Waals surface area contributed by atoms with E-state index >= 15 is 0 Å². The molecule has 6 heteroatoms. The van der Waals surface area contributed by atoms with Crippen LogP contribution < -0.4 is 4.31 Å². The van der Waals surface area contributed by atoms with E-state index in [-0.39, 0.29) is 5.56 Å². The number of carboxylic acid groups (broad SMARTS) is 1. The third-order valence-electron chi connectivity index (χ3n) is 2.37. The molecule has 1 N–H and O–H groups in total. The van der Waals surface area contributed by atoms with Crippen LogP contribution in [0.1, 0.15) is 15.9 Å². The largest absolute Gasteiger partial charge is 0.478 e. The van der Waals surface area contributed by atoms with Crippen molar-refractivity contribution in [3.8, 4) is 0 Å². The molecule has 0 aliphatic rings. The van der Waals surface area contributed by atoms with Crippen molar-refractivity contribution < 1.29 is 18.3 Å². The summed E-state index contributed by atoms with van der Waals surface area (Å²) in [5.74, 6) is -1.07. The highest BCUT2D eigenvalue weighted by molar-refractivity contribution is 7.92. The zero-order valence-electron chi connectivity index (χ0n) is 9.26. The van der Waals surface area contributed by atoms with Gasteiger partial charge in [-0.15, -0.1) is 0 Å². The van der Waals surface area contributed by atoms with E-state index < -0.39 is 16.0 Å². The Morgan fingerprint density at radius 2 is 1.94 bits per heavy atom. The lowest BCUT2D eigenvalue weighted by molar-refractivity contribution is 0.0696. The Morgan fingerprint density at radius 3 is 2.38 bits per heavy atom. The van der Waals surface area contributed by atoms with Crippen LogP contribution in [0.5, 0.6) is 0 Å². The van der Waals surface area contributed by atoms with Crippen molar-refractivity contribution in [3.05, 3.63) is 29.3 Å². The first-order valence-corrected chi connectivity index (χ1v) is 6.37. The molecular weight excluding hydrogens is 230 g/mol. The number of anilines is 1. The van der Waals surface area contributed by atoms with Gasteiger partial charge in [-0.25, -0.2) is 13.2 Å². The fourth-order valence-corrected chi connectivity index (χ4v) is 1.93. The molecule has 0 bridgehead atoms. The van der Waals surface area contributed by atoms with Gasteiger partial charge in [0.15, 0.2) is 0 Å². The van der Waals surface area contributed by atoms with Gasteiger partial charge in [0.25, 0.3) is 0 Å². The van der Waals surface area contributed by atoms with Gasteiger partial charge in [0.1, 0.15) is 0 Å². The van der Waals surface area contributed by atoms with Crippen molar-refractivity contribution in [1.82, 2.24) is 0 Å². The maximum Gasteiger partial charge on any atom is 0.336 e. The van der Waals surface area contributed by atoms with Crippen molar-refractivity contribution in [2.24, 2.45) is 0 Å². The van der Waals surface area contributed by atoms with Gasteiger partial charge in [-0.05, 0) is 24.6 Å². The van der Waals surface area contributed by atoms with Crippen LogP contribution in [0.25, 0.3) is 0 Å². The van der Waals surface area contributed by atoms with Crippen LogP contribution in [0.2, 0.25) is 0 Å². The van der Waals surface area contributed by atoms with Gasteiger partial charge in [0.05, 0.1) is 17.5 Å². The lowest BCUT2D eigenvalue weighted by Gasteiger charge is -2.19. The molecule has 5 nitrogen and oxygen atoms in total. The van der Waals surface area contributed by atoms with Crippen LogP contribution in [-0.4, -0.2) is 32.8 Å². The van der Waals surface area contributed by atoms with Gasteiger partial charge >= 0.3 is 5.97 Å². The molecule has 0 saturated heterocycles. The summed E-state index contributed by atoms with van der Waals surface area (Å²) in [6.45, 7) is 1.58. The minimum absolute atomic E-state index is 0.105. The first-order chi connectivity index (χ1) is 7.25. The summed E-state index contributed by atoms with van der Waals surface area (Å²) in [5.41, 5.74) is 0.915. The maximum atomic E-state index is 11.3. The number of nitrogens with zero attached hydrogens (tertiary/aromatic N) is 1. The number of carboxylic acids is 1. The molecule has 1 rings (SSSR count). The quantitative estimate of drug-likeness (QED) is 0.862. The van der Waals surface area contributed by atoms with Crippen molar-refractivity contribution in [2.75, 3.05) is 17.6 Å². The van der Waals surface area contributed by atoms with Gasteiger partial charge in [-0.2, -0.15) is 0 Å². The van der Waals surface area contributed by atoms with E-state index in [9.17, 15) is 13.2 Å². The molecular formula is C10H13NO4S. The number of carbonyl (C=O) groups is 1. The molecule has 0 aliphatic carbocycles. The van der Waals surface area contributed by atoms with E-state index in [1.54, 1.807) is 13.0 Å². The van der Waals surface area contributed by atoms with Gasteiger partial charge < -0.3 is 5.11 Å². The van der Waals surface area contributed by atoms with E-state index in [4.69, 9.17) is 5.11 Å². The normalized spacial score (nSPS) is 11.2. The number of benzene rings is 1. The monoisotopic (exact) mass is 243 g/mol. The van der Waals surface area contributed by atoms with Crippen LogP contribution in [0, 0.1) is 6.92 Å². The highest BCUT2D eigenvalue weighted by atomic mass is 32.2.